The molecule has 3 N–H and O–H groups in total. The molecule has 0 spiro atoms. The first-order valence-electron chi connectivity index (χ1n) is 10.8. The highest BCUT2D eigenvalue weighted by Crippen LogP contribution is 2.18. The molecule has 2 amide bonds. The Morgan fingerprint density at radius 3 is 1.91 bits per heavy atom. The van der Waals surface area contributed by atoms with E-state index in [0.29, 0.717) is 5.69 Å². The maximum Gasteiger partial charge on any atom is 0.325 e. The molecule has 0 saturated heterocycles. The van der Waals surface area contributed by atoms with Gasteiger partial charge >= 0.3 is 5.97 Å². The Morgan fingerprint density at radius 1 is 0.765 bits per heavy atom. The minimum absolute atomic E-state index is 0.0587. The average molecular weight is 459 g/mol. The van der Waals surface area contributed by atoms with Gasteiger partial charge in [-0.1, -0.05) is 60.7 Å². The lowest BCUT2D eigenvalue weighted by molar-refractivity contribution is -0.141. The molecule has 0 saturated carbocycles. The zero-order valence-electron chi connectivity index (χ0n) is 18.7. The third-order valence-electron chi connectivity index (χ3n) is 5.00. The summed E-state index contributed by atoms with van der Waals surface area (Å²) in [6.07, 6.45) is 0.298. The normalized spacial score (nSPS) is 12.6. The van der Waals surface area contributed by atoms with Crippen LogP contribution in [0.4, 0.5) is 11.4 Å². The summed E-state index contributed by atoms with van der Waals surface area (Å²) in [7, 11) is 0. The highest BCUT2D eigenvalue weighted by Gasteiger charge is 2.24. The second kappa shape index (κ2) is 12.1. The number of carbonyl (C=O) groups excluding carboxylic acids is 2. The van der Waals surface area contributed by atoms with E-state index in [1.165, 1.54) is 6.92 Å². The largest absolute Gasteiger partial charge is 0.480 e. The minimum atomic E-state index is -1.15. The van der Waals surface area contributed by atoms with Gasteiger partial charge in [0.15, 0.2) is 0 Å². The zero-order chi connectivity index (χ0) is 24.3. The maximum absolute atomic E-state index is 12.7. The predicted molar refractivity (Wildman–Crippen MR) is 128 cm³/mol. The van der Waals surface area contributed by atoms with E-state index in [2.05, 4.69) is 20.9 Å². The fourth-order valence-electron chi connectivity index (χ4n) is 3.16. The summed E-state index contributed by atoms with van der Waals surface area (Å²) in [4.78, 5) is 36.5. The molecule has 3 rings (SSSR count). The van der Waals surface area contributed by atoms with E-state index >= 15 is 0 Å². The molecule has 174 valence electrons. The van der Waals surface area contributed by atoms with Gasteiger partial charge in [0.25, 0.3) is 0 Å². The number of rotatable bonds is 10. The van der Waals surface area contributed by atoms with Crippen molar-refractivity contribution in [3.63, 3.8) is 0 Å². The maximum atomic E-state index is 12.7. The Kier molecular flexibility index (Phi) is 8.62. The number of nitrogens with one attached hydrogen (secondary N) is 2. The molecule has 0 bridgehead atoms. The van der Waals surface area contributed by atoms with Gasteiger partial charge < -0.3 is 15.7 Å². The SMILES string of the molecule is C[C@H](NC(=O)[C@H](Cc1ccccc1)NC(=O)Cc1ccc(N=Nc2ccccc2)cc1)C(=O)O. The lowest BCUT2D eigenvalue weighted by Gasteiger charge is -2.20. The highest BCUT2D eigenvalue weighted by atomic mass is 16.4. The molecule has 2 atom stereocenters. The van der Waals surface area contributed by atoms with Gasteiger partial charge in [0.05, 0.1) is 17.8 Å². The first-order chi connectivity index (χ1) is 16.4. The van der Waals surface area contributed by atoms with E-state index in [-0.39, 0.29) is 18.7 Å². The molecule has 0 fully saturated rings. The third-order valence-corrected chi connectivity index (χ3v) is 5.00. The van der Waals surface area contributed by atoms with Crippen LogP contribution in [0.25, 0.3) is 0 Å². The van der Waals surface area contributed by atoms with E-state index in [1.54, 1.807) is 24.3 Å². The lowest BCUT2D eigenvalue weighted by Crippen LogP contribution is -2.52. The van der Waals surface area contributed by atoms with Crippen molar-refractivity contribution < 1.29 is 19.5 Å². The summed E-state index contributed by atoms with van der Waals surface area (Å²) < 4.78 is 0. The molecular formula is C26H26N4O4. The predicted octanol–water partition coefficient (Wildman–Crippen LogP) is 3.96. The summed E-state index contributed by atoms with van der Waals surface area (Å²) in [5.74, 6) is -2.05. The first kappa shape index (κ1) is 24.3. The topological polar surface area (TPSA) is 120 Å². The van der Waals surface area contributed by atoms with Crippen molar-refractivity contribution in [1.29, 1.82) is 0 Å². The lowest BCUT2D eigenvalue weighted by atomic mass is 10.0. The molecule has 3 aromatic rings. The summed E-state index contributed by atoms with van der Waals surface area (Å²) in [5, 5.41) is 22.6. The van der Waals surface area contributed by atoms with Gasteiger partial charge in [0.1, 0.15) is 12.1 Å². The standard InChI is InChI=1S/C26H26N4O4/c1-18(26(33)34)27-25(32)23(16-19-8-4-2-5-9-19)28-24(31)17-20-12-14-22(15-13-20)30-29-21-10-6-3-7-11-21/h2-15,18,23H,16-17H2,1H3,(H,27,32)(H,28,31)(H,33,34)/t18-,23-/m0/s1. The molecule has 3 aromatic carbocycles. The monoisotopic (exact) mass is 458 g/mol. The number of hydrogen-bond donors (Lipinski definition) is 3. The van der Waals surface area contributed by atoms with Crippen LogP contribution < -0.4 is 10.6 Å². The van der Waals surface area contributed by atoms with Crippen molar-refractivity contribution in [2.45, 2.75) is 31.8 Å². The highest BCUT2D eigenvalue weighted by molar-refractivity contribution is 5.91. The summed E-state index contributed by atoms with van der Waals surface area (Å²) in [5.41, 5.74) is 2.98. The van der Waals surface area contributed by atoms with E-state index in [1.807, 2.05) is 60.7 Å². The number of hydrogen-bond acceptors (Lipinski definition) is 5. The van der Waals surface area contributed by atoms with Crippen LogP contribution in [0.2, 0.25) is 0 Å². The number of carboxylic acid groups (broad SMARTS) is 1. The van der Waals surface area contributed by atoms with Crippen LogP contribution in [0, 0.1) is 0 Å². The summed E-state index contributed by atoms with van der Waals surface area (Å²) in [6.45, 7) is 1.37. The van der Waals surface area contributed by atoms with Crippen molar-refractivity contribution >= 4 is 29.2 Å². The Bertz CT molecular complexity index is 1130. The molecule has 0 radical (unpaired) electrons. The number of aliphatic carboxylic acids is 1. The zero-order valence-corrected chi connectivity index (χ0v) is 18.7. The van der Waals surface area contributed by atoms with E-state index < -0.39 is 24.0 Å². The average Bonchev–Trinajstić information content (AvgIpc) is 2.84. The van der Waals surface area contributed by atoms with Crippen LogP contribution in [0.3, 0.4) is 0 Å². The Hall–Kier alpha value is -4.33. The molecule has 0 aromatic heterocycles. The molecule has 0 heterocycles. The molecule has 8 nitrogen and oxygen atoms in total. The smallest absolute Gasteiger partial charge is 0.325 e. The van der Waals surface area contributed by atoms with Gasteiger partial charge in [-0.15, -0.1) is 0 Å². The molecular weight excluding hydrogens is 432 g/mol. The Balaban J connectivity index is 1.63. The fraction of sp³-hybridized carbons (Fsp3) is 0.192. The summed E-state index contributed by atoms with van der Waals surface area (Å²) >= 11 is 0. The van der Waals surface area contributed by atoms with Crippen molar-refractivity contribution in [2.24, 2.45) is 10.2 Å². The van der Waals surface area contributed by atoms with Gasteiger partial charge in [0.2, 0.25) is 11.8 Å². The number of benzene rings is 3. The number of carboxylic acids is 1. The number of nitrogens with zero attached hydrogens (tertiary/aromatic N) is 2. The quantitative estimate of drug-likeness (QED) is 0.398. The third kappa shape index (κ3) is 7.67. The fourth-order valence-corrected chi connectivity index (χ4v) is 3.16. The van der Waals surface area contributed by atoms with Crippen molar-refractivity contribution in [2.75, 3.05) is 0 Å². The Morgan fingerprint density at radius 2 is 1.32 bits per heavy atom. The van der Waals surface area contributed by atoms with Crippen LogP contribution in [-0.2, 0) is 27.2 Å². The molecule has 0 aliphatic rings. The Labute approximate surface area is 197 Å². The van der Waals surface area contributed by atoms with Crippen LogP contribution in [0.1, 0.15) is 18.1 Å². The first-order valence-corrected chi connectivity index (χ1v) is 10.8. The van der Waals surface area contributed by atoms with Gasteiger partial charge in [0, 0.05) is 6.42 Å². The second-order valence-corrected chi connectivity index (χ2v) is 7.76. The molecule has 0 aliphatic carbocycles. The van der Waals surface area contributed by atoms with Crippen LogP contribution >= 0.6 is 0 Å². The number of azo groups is 1. The van der Waals surface area contributed by atoms with E-state index in [9.17, 15) is 14.4 Å². The minimum Gasteiger partial charge on any atom is -0.480 e. The number of amides is 2. The van der Waals surface area contributed by atoms with Gasteiger partial charge in [-0.05, 0) is 42.3 Å². The van der Waals surface area contributed by atoms with Crippen LogP contribution in [0.15, 0.2) is 95.2 Å². The molecule has 8 heteroatoms. The van der Waals surface area contributed by atoms with Crippen molar-refractivity contribution in [3.8, 4) is 0 Å². The van der Waals surface area contributed by atoms with Crippen molar-refractivity contribution in [3.05, 3.63) is 96.1 Å². The number of carbonyl (C=O) groups is 3. The molecule has 0 unspecified atom stereocenters. The second-order valence-electron chi connectivity index (χ2n) is 7.76. The van der Waals surface area contributed by atoms with Gasteiger partial charge in [-0.2, -0.15) is 10.2 Å². The van der Waals surface area contributed by atoms with Gasteiger partial charge in [-0.3, -0.25) is 14.4 Å². The van der Waals surface area contributed by atoms with Crippen LogP contribution in [0.5, 0.6) is 0 Å². The van der Waals surface area contributed by atoms with Crippen molar-refractivity contribution in [1.82, 2.24) is 10.6 Å². The van der Waals surface area contributed by atoms with Crippen LogP contribution in [-0.4, -0.2) is 35.0 Å². The van der Waals surface area contributed by atoms with E-state index in [4.69, 9.17) is 5.11 Å². The summed E-state index contributed by atoms with van der Waals surface area (Å²) in [6, 6.07) is 23.7. The molecule has 34 heavy (non-hydrogen) atoms. The van der Waals surface area contributed by atoms with Gasteiger partial charge in [-0.25, -0.2) is 0 Å². The molecule has 0 aliphatic heterocycles. The van der Waals surface area contributed by atoms with E-state index in [0.717, 1.165) is 16.8 Å².